The molecule has 2 fully saturated rings. The van der Waals surface area contributed by atoms with Crippen molar-refractivity contribution >= 4 is 0 Å². The SMILES string of the molecule is CCC1C(C(C)(C)C2C(C)C2C)C1(C)C. The van der Waals surface area contributed by atoms with E-state index < -0.39 is 0 Å². The first-order chi connectivity index (χ1) is 6.76. The van der Waals surface area contributed by atoms with Gasteiger partial charge in [0.25, 0.3) is 0 Å². The van der Waals surface area contributed by atoms with Gasteiger partial charge in [0.05, 0.1) is 0 Å². The van der Waals surface area contributed by atoms with Crippen molar-refractivity contribution in [3.05, 3.63) is 0 Å². The van der Waals surface area contributed by atoms with E-state index in [-0.39, 0.29) is 0 Å². The molecule has 15 heavy (non-hydrogen) atoms. The van der Waals surface area contributed by atoms with Gasteiger partial charge < -0.3 is 0 Å². The van der Waals surface area contributed by atoms with Gasteiger partial charge in [0.15, 0.2) is 0 Å². The molecule has 0 aliphatic heterocycles. The molecule has 0 amide bonds. The van der Waals surface area contributed by atoms with E-state index in [2.05, 4.69) is 48.5 Å². The molecular weight excluding hydrogens is 180 g/mol. The van der Waals surface area contributed by atoms with Crippen molar-refractivity contribution < 1.29 is 0 Å². The van der Waals surface area contributed by atoms with E-state index in [0.717, 1.165) is 29.6 Å². The summed E-state index contributed by atoms with van der Waals surface area (Å²) in [6, 6.07) is 0. The van der Waals surface area contributed by atoms with E-state index >= 15 is 0 Å². The van der Waals surface area contributed by atoms with Crippen LogP contribution in [0.4, 0.5) is 0 Å². The fourth-order valence-electron chi connectivity index (χ4n) is 5.21. The first-order valence-corrected chi connectivity index (χ1v) is 6.76. The molecule has 0 nitrogen and oxygen atoms in total. The lowest BCUT2D eigenvalue weighted by atomic mass is 9.77. The van der Waals surface area contributed by atoms with Gasteiger partial charge >= 0.3 is 0 Å². The highest BCUT2D eigenvalue weighted by Gasteiger charge is 2.67. The molecule has 4 atom stereocenters. The second-order valence-corrected chi connectivity index (χ2v) is 7.38. The van der Waals surface area contributed by atoms with Gasteiger partial charge in [-0.05, 0) is 40.4 Å². The van der Waals surface area contributed by atoms with Crippen molar-refractivity contribution in [3.63, 3.8) is 0 Å². The largest absolute Gasteiger partial charge is 0.0651 e. The molecule has 0 saturated heterocycles. The summed E-state index contributed by atoms with van der Waals surface area (Å²) >= 11 is 0. The van der Waals surface area contributed by atoms with E-state index in [0.29, 0.717) is 10.8 Å². The molecule has 0 aromatic rings. The van der Waals surface area contributed by atoms with Gasteiger partial charge in [0.2, 0.25) is 0 Å². The second-order valence-electron chi connectivity index (χ2n) is 7.38. The van der Waals surface area contributed by atoms with Crippen LogP contribution in [0.5, 0.6) is 0 Å². The van der Waals surface area contributed by atoms with Crippen LogP contribution in [0.3, 0.4) is 0 Å². The van der Waals surface area contributed by atoms with Crippen LogP contribution in [0.1, 0.15) is 54.9 Å². The predicted octanol–water partition coefficient (Wildman–Crippen LogP) is 4.60. The third kappa shape index (κ3) is 1.40. The summed E-state index contributed by atoms with van der Waals surface area (Å²) in [4.78, 5) is 0. The van der Waals surface area contributed by atoms with Gasteiger partial charge in [-0.3, -0.25) is 0 Å². The molecule has 0 radical (unpaired) electrons. The maximum absolute atomic E-state index is 2.53. The summed E-state index contributed by atoms with van der Waals surface area (Å²) in [6.45, 7) is 17.2. The Balaban J connectivity index is 2.12. The zero-order valence-corrected chi connectivity index (χ0v) is 11.6. The molecule has 0 heteroatoms. The highest BCUT2D eigenvalue weighted by Crippen LogP contribution is 2.73. The zero-order chi connectivity index (χ0) is 11.6. The molecule has 0 bridgehead atoms. The molecule has 2 saturated carbocycles. The molecule has 4 unspecified atom stereocenters. The fourth-order valence-corrected chi connectivity index (χ4v) is 5.21. The van der Waals surface area contributed by atoms with Gasteiger partial charge in [-0.25, -0.2) is 0 Å². The summed E-state index contributed by atoms with van der Waals surface area (Å²) in [5, 5.41) is 0. The van der Waals surface area contributed by atoms with Crippen LogP contribution in [-0.4, -0.2) is 0 Å². The Hall–Kier alpha value is 0. The maximum Gasteiger partial charge on any atom is -0.0272 e. The lowest BCUT2D eigenvalue weighted by Crippen LogP contribution is -2.22. The minimum atomic E-state index is 0.572. The number of rotatable bonds is 3. The van der Waals surface area contributed by atoms with Crippen LogP contribution in [0.25, 0.3) is 0 Å². The fraction of sp³-hybridized carbons (Fsp3) is 1.00. The van der Waals surface area contributed by atoms with Crippen molar-refractivity contribution in [1.29, 1.82) is 0 Å². The van der Waals surface area contributed by atoms with Crippen LogP contribution in [0.15, 0.2) is 0 Å². The molecule has 0 spiro atoms. The molecule has 0 heterocycles. The second kappa shape index (κ2) is 3.02. The van der Waals surface area contributed by atoms with E-state index in [1.54, 1.807) is 0 Å². The first kappa shape index (κ1) is 11.5. The highest BCUT2D eigenvalue weighted by atomic mass is 14.7. The van der Waals surface area contributed by atoms with Gasteiger partial charge in [-0.1, -0.05) is 54.9 Å². The lowest BCUT2D eigenvalue weighted by Gasteiger charge is -2.28. The van der Waals surface area contributed by atoms with Crippen molar-refractivity contribution in [2.45, 2.75) is 54.9 Å². The van der Waals surface area contributed by atoms with Crippen molar-refractivity contribution in [3.8, 4) is 0 Å². The molecule has 2 rings (SSSR count). The third-order valence-electron chi connectivity index (χ3n) is 5.97. The summed E-state index contributed by atoms with van der Waals surface area (Å²) in [5.41, 5.74) is 1.18. The summed E-state index contributed by atoms with van der Waals surface area (Å²) < 4.78 is 0. The van der Waals surface area contributed by atoms with Crippen molar-refractivity contribution in [2.75, 3.05) is 0 Å². The van der Waals surface area contributed by atoms with E-state index in [9.17, 15) is 0 Å². The quantitative estimate of drug-likeness (QED) is 0.636. The predicted molar refractivity (Wildman–Crippen MR) is 66.7 cm³/mol. The average Bonchev–Trinajstić information content (AvgIpc) is 2.88. The van der Waals surface area contributed by atoms with Crippen LogP contribution in [-0.2, 0) is 0 Å². The van der Waals surface area contributed by atoms with E-state index in [4.69, 9.17) is 0 Å². The van der Waals surface area contributed by atoms with Crippen LogP contribution >= 0.6 is 0 Å². The monoisotopic (exact) mass is 208 g/mol. The zero-order valence-electron chi connectivity index (χ0n) is 11.6. The smallest absolute Gasteiger partial charge is 0.0272 e. The number of hydrogen-bond donors (Lipinski definition) is 0. The van der Waals surface area contributed by atoms with E-state index in [1.807, 2.05) is 0 Å². The Morgan fingerprint density at radius 3 is 1.80 bits per heavy atom. The van der Waals surface area contributed by atoms with Gasteiger partial charge in [-0.2, -0.15) is 0 Å². The molecule has 0 aromatic heterocycles. The standard InChI is InChI=1S/C15H28/c1-8-11-13(14(11,4)5)15(6,7)12-9(2)10(12)3/h9-13H,8H2,1-7H3. The average molecular weight is 208 g/mol. The number of hydrogen-bond acceptors (Lipinski definition) is 0. The minimum Gasteiger partial charge on any atom is -0.0651 e. The maximum atomic E-state index is 2.53. The van der Waals surface area contributed by atoms with Crippen molar-refractivity contribution in [2.24, 2.45) is 40.4 Å². The molecule has 0 N–H and O–H groups in total. The van der Waals surface area contributed by atoms with Gasteiger partial charge in [0, 0.05) is 0 Å². The normalized spacial score (nSPS) is 47.8. The van der Waals surface area contributed by atoms with Crippen molar-refractivity contribution in [1.82, 2.24) is 0 Å². The van der Waals surface area contributed by atoms with Gasteiger partial charge in [-0.15, -0.1) is 0 Å². The first-order valence-electron chi connectivity index (χ1n) is 6.76. The Kier molecular flexibility index (Phi) is 2.31. The Morgan fingerprint density at radius 1 is 1.07 bits per heavy atom. The molecular formula is C15H28. The van der Waals surface area contributed by atoms with Gasteiger partial charge in [0.1, 0.15) is 0 Å². The Bertz CT molecular complexity index is 253. The molecule has 2 aliphatic carbocycles. The third-order valence-corrected chi connectivity index (χ3v) is 5.97. The summed E-state index contributed by atoms with van der Waals surface area (Å²) in [6.07, 6.45) is 1.37. The van der Waals surface area contributed by atoms with E-state index in [1.165, 1.54) is 6.42 Å². The lowest BCUT2D eigenvalue weighted by molar-refractivity contribution is 0.203. The van der Waals surface area contributed by atoms with Crippen LogP contribution in [0, 0.1) is 40.4 Å². The Labute approximate surface area is 95.8 Å². The minimum absolute atomic E-state index is 0.572. The highest BCUT2D eigenvalue weighted by molar-refractivity contribution is 5.15. The topological polar surface area (TPSA) is 0 Å². The Morgan fingerprint density at radius 2 is 1.53 bits per heavy atom. The molecule has 2 aliphatic rings. The van der Waals surface area contributed by atoms with Crippen LogP contribution < -0.4 is 0 Å². The molecule has 0 aromatic carbocycles. The summed E-state index contributed by atoms with van der Waals surface area (Å²) in [5.74, 6) is 4.86. The van der Waals surface area contributed by atoms with Crippen LogP contribution in [0.2, 0.25) is 0 Å². The molecule has 88 valence electrons. The summed E-state index contributed by atoms with van der Waals surface area (Å²) in [7, 11) is 0.